The van der Waals surface area contributed by atoms with Crippen LogP contribution in [-0.4, -0.2) is 16.8 Å². The molecule has 0 saturated heterocycles. The Bertz CT molecular complexity index is 507. The zero-order valence-electron chi connectivity index (χ0n) is 6.26. The Kier molecular flexibility index (Phi) is 1.54. The fourth-order valence-corrected chi connectivity index (χ4v) is 4.84. The molecule has 0 amide bonds. The summed E-state index contributed by atoms with van der Waals surface area (Å²) in [5, 5.41) is 0. The molecule has 0 atom stereocenters. The van der Waals surface area contributed by atoms with E-state index in [0.717, 1.165) is 0 Å². The van der Waals surface area contributed by atoms with Crippen molar-refractivity contribution in [1.29, 1.82) is 0 Å². The summed E-state index contributed by atoms with van der Waals surface area (Å²) in [6.45, 7) is 0. The molecule has 0 bridgehead atoms. The lowest BCUT2D eigenvalue weighted by Gasteiger charge is -1.90. The maximum atomic E-state index is 11.2. The summed E-state index contributed by atoms with van der Waals surface area (Å²) >= 11 is 0. The van der Waals surface area contributed by atoms with Crippen molar-refractivity contribution in [3.63, 3.8) is 0 Å². The molecule has 0 saturated carbocycles. The van der Waals surface area contributed by atoms with Gasteiger partial charge in [0, 0.05) is 0 Å². The zero-order chi connectivity index (χ0) is 9.69. The van der Waals surface area contributed by atoms with E-state index in [1.807, 2.05) is 0 Å². The van der Waals surface area contributed by atoms with E-state index in [1.54, 1.807) is 4.13 Å². The minimum absolute atomic E-state index is 0.185. The van der Waals surface area contributed by atoms with E-state index in [4.69, 9.17) is 0 Å². The van der Waals surface area contributed by atoms with Crippen LogP contribution in [0.1, 0.15) is 0 Å². The van der Waals surface area contributed by atoms with Crippen molar-refractivity contribution in [2.75, 3.05) is 0 Å². The van der Waals surface area contributed by atoms with E-state index in [0.29, 0.717) is 0 Å². The van der Waals surface area contributed by atoms with Crippen LogP contribution in [0.5, 0.6) is 0 Å². The quantitative estimate of drug-likeness (QED) is 0.647. The van der Waals surface area contributed by atoms with Gasteiger partial charge in [-0.2, -0.15) is 0 Å². The third-order valence-corrected chi connectivity index (χ3v) is 5.40. The Morgan fingerprint density at radius 3 is 1.62 bits per heavy atom. The van der Waals surface area contributed by atoms with Gasteiger partial charge in [0.15, 0.2) is 0 Å². The van der Waals surface area contributed by atoms with Crippen LogP contribution in [0.15, 0.2) is 34.1 Å². The van der Waals surface area contributed by atoms with E-state index >= 15 is 0 Å². The molecule has 0 aromatic heterocycles. The largest absolute Gasteiger partial charge is 0.255 e. The normalized spacial score (nSPS) is 22.5. The number of nitrogens with one attached hydrogen (secondary N) is 1. The second-order valence-electron chi connectivity index (χ2n) is 2.54. The van der Waals surface area contributed by atoms with Gasteiger partial charge in [0.25, 0.3) is 20.0 Å². The summed E-state index contributed by atoms with van der Waals surface area (Å²) < 4.78 is 46.3. The molecule has 1 heterocycles. The van der Waals surface area contributed by atoms with Crippen LogP contribution in [-0.2, 0) is 20.0 Å². The average molecular weight is 219 g/mol. The number of hydrogen-bond donors (Lipinski definition) is 1. The van der Waals surface area contributed by atoms with Crippen LogP contribution in [0.4, 0.5) is 0 Å². The molecule has 5 nitrogen and oxygen atoms in total. The summed E-state index contributed by atoms with van der Waals surface area (Å²) in [4.78, 5) is -0.370. The SMILES string of the molecule is O=S1(=O)NS(=O)(=O)c2ccccc21. The molecule has 0 radical (unpaired) electrons. The molecule has 0 fully saturated rings. The molecule has 70 valence electrons. The topological polar surface area (TPSA) is 80.3 Å². The predicted molar refractivity (Wildman–Crippen MR) is 43.9 cm³/mol. The van der Waals surface area contributed by atoms with Crippen molar-refractivity contribution in [2.24, 2.45) is 0 Å². The third-order valence-electron chi connectivity index (χ3n) is 1.65. The predicted octanol–water partition coefficient (Wildman–Crippen LogP) is -0.333. The summed E-state index contributed by atoms with van der Waals surface area (Å²) in [6.07, 6.45) is 0. The van der Waals surface area contributed by atoms with Gasteiger partial charge in [0.2, 0.25) is 0 Å². The Labute approximate surface area is 75.5 Å². The highest BCUT2D eigenvalue weighted by molar-refractivity contribution is 8.07. The minimum Gasteiger partial charge on any atom is -0.206 e. The van der Waals surface area contributed by atoms with Crippen LogP contribution in [0.2, 0.25) is 0 Å². The molecule has 0 spiro atoms. The van der Waals surface area contributed by atoms with Crippen LogP contribution >= 0.6 is 0 Å². The molecule has 13 heavy (non-hydrogen) atoms. The number of benzene rings is 1. The van der Waals surface area contributed by atoms with E-state index in [9.17, 15) is 16.8 Å². The Morgan fingerprint density at radius 2 is 1.23 bits per heavy atom. The number of sulfonamides is 2. The third kappa shape index (κ3) is 1.16. The van der Waals surface area contributed by atoms with Gasteiger partial charge in [-0.1, -0.05) is 12.1 Å². The standard InChI is InChI=1S/C6H5NO4S2/c8-12(9)5-3-1-2-4-6(5)13(10,11)7-12/h1-4,7H. The fraction of sp³-hybridized carbons (Fsp3) is 0. The highest BCUT2D eigenvalue weighted by Gasteiger charge is 2.37. The summed E-state index contributed by atoms with van der Waals surface area (Å²) in [5.74, 6) is 0. The highest BCUT2D eigenvalue weighted by Crippen LogP contribution is 2.27. The first-order chi connectivity index (χ1) is 5.93. The van der Waals surface area contributed by atoms with Gasteiger partial charge in [-0.3, -0.25) is 0 Å². The molecule has 7 heteroatoms. The molecule has 1 aliphatic rings. The van der Waals surface area contributed by atoms with Gasteiger partial charge >= 0.3 is 0 Å². The Morgan fingerprint density at radius 1 is 0.846 bits per heavy atom. The lowest BCUT2D eigenvalue weighted by Crippen LogP contribution is -2.21. The first-order valence-corrected chi connectivity index (χ1v) is 6.28. The van der Waals surface area contributed by atoms with Crippen molar-refractivity contribution < 1.29 is 16.8 Å². The highest BCUT2D eigenvalue weighted by atomic mass is 32.3. The van der Waals surface area contributed by atoms with Crippen molar-refractivity contribution in [3.05, 3.63) is 24.3 Å². The summed E-state index contributed by atoms with van der Waals surface area (Å²) in [7, 11) is -7.70. The first kappa shape index (κ1) is 8.67. The van der Waals surface area contributed by atoms with Gasteiger partial charge in [0.1, 0.15) is 9.79 Å². The molecule has 1 N–H and O–H groups in total. The Hall–Kier alpha value is -0.920. The van der Waals surface area contributed by atoms with Gasteiger partial charge in [-0.15, -0.1) is 4.13 Å². The van der Waals surface area contributed by atoms with Crippen molar-refractivity contribution in [1.82, 2.24) is 4.13 Å². The van der Waals surface area contributed by atoms with Gasteiger partial charge < -0.3 is 0 Å². The maximum Gasteiger partial charge on any atom is 0.255 e. The number of hydrogen-bond acceptors (Lipinski definition) is 4. The second-order valence-corrected chi connectivity index (χ2v) is 6.10. The number of fused-ring (bicyclic) bond motifs is 1. The minimum atomic E-state index is -3.85. The van der Waals surface area contributed by atoms with E-state index in [1.165, 1.54) is 24.3 Å². The van der Waals surface area contributed by atoms with Crippen LogP contribution in [0.3, 0.4) is 0 Å². The molecule has 2 rings (SSSR count). The summed E-state index contributed by atoms with van der Waals surface area (Å²) in [5.41, 5.74) is 0. The lowest BCUT2D eigenvalue weighted by atomic mass is 10.4. The van der Waals surface area contributed by atoms with Gasteiger partial charge in [-0.05, 0) is 12.1 Å². The van der Waals surface area contributed by atoms with E-state index < -0.39 is 20.0 Å². The molecule has 1 aromatic carbocycles. The van der Waals surface area contributed by atoms with E-state index in [2.05, 4.69) is 0 Å². The van der Waals surface area contributed by atoms with Crippen LogP contribution in [0.25, 0.3) is 0 Å². The molecule has 1 aromatic rings. The van der Waals surface area contributed by atoms with Crippen LogP contribution in [0, 0.1) is 0 Å². The maximum absolute atomic E-state index is 11.2. The molecular weight excluding hydrogens is 214 g/mol. The van der Waals surface area contributed by atoms with Gasteiger partial charge in [0.05, 0.1) is 0 Å². The smallest absolute Gasteiger partial charge is 0.206 e. The van der Waals surface area contributed by atoms with Crippen molar-refractivity contribution in [2.45, 2.75) is 9.79 Å². The second kappa shape index (κ2) is 2.31. The molecular formula is C6H5NO4S2. The zero-order valence-corrected chi connectivity index (χ0v) is 7.89. The van der Waals surface area contributed by atoms with Crippen molar-refractivity contribution in [3.8, 4) is 0 Å². The summed E-state index contributed by atoms with van der Waals surface area (Å²) in [6, 6.07) is 5.45. The average Bonchev–Trinajstić information content (AvgIpc) is 2.20. The van der Waals surface area contributed by atoms with Gasteiger partial charge in [-0.25, -0.2) is 16.8 Å². The lowest BCUT2D eigenvalue weighted by molar-refractivity contribution is 0.586. The molecule has 0 aliphatic carbocycles. The Balaban J connectivity index is 2.95. The van der Waals surface area contributed by atoms with E-state index in [-0.39, 0.29) is 9.79 Å². The van der Waals surface area contributed by atoms with Crippen molar-refractivity contribution >= 4 is 20.0 Å². The first-order valence-electron chi connectivity index (χ1n) is 3.31. The molecule has 1 aliphatic heterocycles. The van der Waals surface area contributed by atoms with Crippen LogP contribution < -0.4 is 4.13 Å². The fourth-order valence-electron chi connectivity index (χ4n) is 1.13. The monoisotopic (exact) mass is 219 g/mol. The molecule has 0 unspecified atom stereocenters. The number of rotatable bonds is 0.